The second kappa shape index (κ2) is 13.5. The van der Waals surface area contributed by atoms with Crippen molar-refractivity contribution in [2.45, 2.75) is 94.4 Å². The maximum atomic E-state index is 13.9. The summed E-state index contributed by atoms with van der Waals surface area (Å²) in [7, 11) is 0. The quantitative estimate of drug-likeness (QED) is 0.158. The van der Waals surface area contributed by atoms with Crippen LogP contribution >= 0.6 is 11.8 Å². The number of carbonyl (C=O) groups excluding carboxylic acids is 1. The molecule has 206 valence electrons. The van der Waals surface area contributed by atoms with Gasteiger partial charge in [-0.15, -0.1) is 11.8 Å². The molecule has 0 saturated carbocycles. The normalized spacial score (nSPS) is 21.8. The molecule has 38 heavy (non-hydrogen) atoms. The predicted octanol–water partition coefficient (Wildman–Crippen LogP) is 6.80. The molecule has 1 fully saturated rings. The van der Waals surface area contributed by atoms with Gasteiger partial charge in [0.15, 0.2) is 0 Å². The van der Waals surface area contributed by atoms with E-state index in [0.29, 0.717) is 17.6 Å². The van der Waals surface area contributed by atoms with E-state index in [4.69, 9.17) is 11.1 Å². The summed E-state index contributed by atoms with van der Waals surface area (Å²) in [4.78, 5) is 19.7. The molecule has 7 heteroatoms. The van der Waals surface area contributed by atoms with Crippen molar-refractivity contribution in [2.24, 2.45) is 5.73 Å². The summed E-state index contributed by atoms with van der Waals surface area (Å²) >= 11 is 1.61. The van der Waals surface area contributed by atoms with Gasteiger partial charge >= 0.3 is 0 Å². The Labute approximate surface area is 233 Å². The zero-order valence-corrected chi connectivity index (χ0v) is 24.2. The monoisotopic (exact) mass is 535 g/mol. The van der Waals surface area contributed by atoms with Crippen LogP contribution in [0.2, 0.25) is 0 Å². The lowest BCUT2D eigenvalue weighted by atomic mass is 9.97. The Morgan fingerprint density at radius 3 is 2.55 bits per heavy atom. The van der Waals surface area contributed by atoms with Crippen molar-refractivity contribution in [3.05, 3.63) is 53.6 Å². The molecule has 4 N–H and O–H groups in total. The Kier molecular flexibility index (Phi) is 10.1. The summed E-state index contributed by atoms with van der Waals surface area (Å²) in [6, 6.07) is 15.4. The summed E-state index contributed by atoms with van der Waals surface area (Å²) in [5.41, 5.74) is 9.40. The molecule has 0 aliphatic carbocycles. The fourth-order valence-electron chi connectivity index (χ4n) is 5.75. The van der Waals surface area contributed by atoms with Gasteiger partial charge < -0.3 is 16.0 Å². The van der Waals surface area contributed by atoms with E-state index in [-0.39, 0.29) is 17.0 Å². The summed E-state index contributed by atoms with van der Waals surface area (Å²) in [5.74, 6) is 0.143. The number of carbonyl (C=O) groups is 1. The molecule has 4 rings (SSSR count). The third-order valence-electron chi connectivity index (χ3n) is 8.02. The molecule has 2 aromatic carbocycles. The van der Waals surface area contributed by atoms with Crippen molar-refractivity contribution in [1.29, 1.82) is 5.41 Å². The van der Waals surface area contributed by atoms with Crippen LogP contribution in [-0.2, 0) is 4.79 Å². The number of nitrogens with one attached hydrogen (secondary N) is 2. The van der Waals surface area contributed by atoms with Gasteiger partial charge in [0, 0.05) is 41.3 Å². The number of hydrogen-bond acceptors (Lipinski definition) is 5. The zero-order valence-electron chi connectivity index (χ0n) is 23.3. The van der Waals surface area contributed by atoms with E-state index in [2.05, 4.69) is 49.2 Å². The number of rotatable bonds is 12. The summed E-state index contributed by atoms with van der Waals surface area (Å²) in [6.07, 6.45) is 9.50. The maximum Gasteiger partial charge on any atom is 0.245 e. The molecule has 0 radical (unpaired) electrons. The van der Waals surface area contributed by atoms with Crippen LogP contribution in [0, 0.1) is 5.41 Å². The summed E-state index contributed by atoms with van der Waals surface area (Å²) < 4.78 is 0. The lowest BCUT2D eigenvalue weighted by Crippen LogP contribution is -2.44. The number of hydrogen-bond donors (Lipinski definition) is 3. The molecule has 1 saturated heterocycles. The molecule has 0 spiro atoms. The molecule has 0 bridgehead atoms. The Hall–Kier alpha value is -2.51. The van der Waals surface area contributed by atoms with E-state index in [0.717, 1.165) is 67.2 Å². The number of thioether (sulfide) groups is 1. The summed E-state index contributed by atoms with van der Waals surface area (Å²) in [5, 5.41) is 11.0. The molecule has 3 atom stereocenters. The second-order valence-corrected chi connectivity index (χ2v) is 12.1. The van der Waals surface area contributed by atoms with Crippen molar-refractivity contribution in [1.82, 2.24) is 4.90 Å². The predicted molar refractivity (Wildman–Crippen MR) is 162 cm³/mol. The van der Waals surface area contributed by atoms with Gasteiger partial charge in [-0.1, -0.05) is 44.4 Å². The first kappa shape index (κ1) is 28.5. The highest BCUT2D eigenvalue weighted by molar-refractivity contribution is 8.00. The lowest BCUT2D eigenvalue weighted by molar-refractivity contribution is -0.118. The molecule has 1 amide bonds. The van der Waals surface area contributed by atoms with Gasteiger partial charge in [0.1, 0.15) is 11.1 Å². The Morgan fingerprint density at radius 1 is 1.05 bits per heavy atom. The van der Waals surface area contributed by atoms with Gasteiger partial charge in [0.25, 0.3) is 0 Å². The molecule has 2 aliphatic rings. The van der Waals surface area contributed by atoms with E-state index in [9.17, 15) is 4.79 Å². The average Bonchev–Trinajstić information content (AvgIpc) is 2.91. The summed E-state index contributed by atoms with van der Waals surface area (Å²) in [6.45, 7) is 9.73. The molecule has 2 aromatic rings. The standard InChI is InChI=1S/C31H45N5OS/c1-4-5-17-34-26-15-16-28-27(21-26)36(19-8-6-7-18-35-22(2)11-9-12-23(35)3)31(37)29(38-28)24-13-10-14-25(20-24)30(32)33/h10,13-16,20-23,29,34H,4-9,11-12,17-19H2,1-3H3,(H3,32,33)/t22-,23+,29?. The Bertz CT molecular complexity index is 1100. The first-order chi connectivity index (χ1) is 18.4. The lowest BCUT2D eigenvalue weighted by Gasteiger charge is -2.39. The van der Waals surface area contributed by atoms with Crippen molar-refractivity contribution in [3.63, 3.8) is 0 Å². The van der Waals surface area contributed by atoms with Crippen molar-refractivity contribution >= 4 is 34.9 Å². The van der Waals surface area contributed by atoms with E-state index in [1.807, 2.05) is 29.2 Å². The number of anilines is 2. The number of nitrogens with zero attached hydrogens (tertiary/aromatic N) is 2. The second-order valence-electron chi connectivity index (χ2n) is 10.9. The third-order valence-corrected chi connectivity index (χ3v) is 9.33. The highest BCUT2D eigenvalue weighted by Crippen LogP contribution is 2.47. The van der Waals surface area contributed by atoms with Crippen LogP contribution in [0.1, 0.15) is 88.5 Å². The highest BCUT2D eigenvalue weighted by Gasteiger charge is 2.35. The van der Waals surface area contributed by atoms with Crippen LogP contribution in [0.3, 0.4) is 0 Å². The van der Waals surface area contributed by atoms with Crippen molar-refractivity contribution in [2.75, 3.05) is 29.9 Å². The van der Waals surface area contributed by atoms with E-state index in [1.165, 1.54) is 25.7 Å². The first-order valence-electron chi connectivity index (χ1n) is 14.4. The number of nitrogen functional groups attached to an aromatic ring is 1. The number of nitrogens with two attached hydrogens (primary N) is 1. The van der Waals surface area contributed by atoms with Gasteiger partial charge in [-0.2, -0.15) is 0 Å². The molecule has 0 aromatic heterocycles. The van der Waals surface area contributed by atoms with Crippen LogP contribution in [0.25, 0.3) is 0 Å². The topological polar surface area (TPSA) is 85.5 Å². The Morgan fingerprint density at radius 2 is 1.82 bits per heavy atom. The maximum absolute atomic E-state index is 13.9. The van der Waals surface area contributed by atoms with E-state index >= 15 is 0 Å². The molecular weight excluding hydrogens is 490 g/mol. The van der Waals surface area contributed by atoms with Crippen LogP contribution in [0.15, 0.2) is 47.4 Å². The van der Waals surface area contributed by atoms with E-state index < -0.39 is 0 Å². The van der Waals surface area contributed by atoms with Crippen LogP contribution < -0.4 is 16.0 Å². The van der Waals surface area contributed by atoms with Gasteiger partial charge in [-0.05, 0) is 82.3 Å². The fraction of sp³-hybridized carbons (Fsp3) is 0.548. The number of unbranched alkanes of at least 4 members (excludes halogenated alkanes) is 3. The molecule has 1 unspecified atom stereocenters. The number of benzene rings is 2. The minimum atomic E-state index is -0.337. The van der Waals surface area contributed by atoms with Crippen molar-refractivity contribution < 1.29 is 4.79 Å². The number of likely N-dealkylation sites (tertiary alicyclic amines) is 1. The highest BCUT2D eigenvalue weighted by atomic mass is 32.2. The minimum Gasteiger partial charge on any atom is -0.385 e. The van der Waals surface area contributed by atoms with Crippen LogP contribution in [0.4, 0.5) is 11.4 Å². The third kappa shape index (κ3) is 6.92. The fourth-order valence-corrected chi connectivity index (χ4v) is 6.95. The van der Waals surface area contributed by atoms with E-state index in [1.54, 1.807) is 11.8 Å². The van der Waals surface area contributed by atoms with Crippen molar-refractivity contribution in [3.8, 4) is 0 Å². The number of amides is 1. The number of amidine groups is 1. The van der Waals surface area contributed by atoms with Crippen LogP contribution in [-0.4, -0.2) is 48.4 Å². The Balaban J connectivity index is 1.48. The van der Waals surface area contributed by atoms with Gasteiger partial charge in [0.05, 0.1) is 5.69 Å². The SMILES string of the molecule is CCCCNc1ccc2c(c1)N(CCCCCN1[C@H](C)CCC[C@@H]1C)C(=O)C(c1cccc(C(=N)N)c1)S2. The molecule has 2 aliphatic heterocycles. The first-order valence-corrected chi connectivity index (χ1v) is 15.3. The average molecular weight is 536 g/mol. The van der Waals surface area contributed by atoms with Crippen LogP contribution in [0.5, 0.6) is 0 Å². The van der Waals surface area contributed by atoms with Gasteiger partial charge in [-0.25, -0.2) is 0 Å². The molecule has 6 nitrogen and oxygen atoms in total. The molecule has 2 heterocycles. The number of piperidine rings is 1. The van der Waals surface area contributed by atoms with Gasteiger partial charge in [0.2, 0.25) is 5.91 Å². The largest absolute Gasteiger partial charge is 0.385 e. The number of fused-ring (bicyclic) bond motifs is 1. The minimum absolute atomic E-state index is 0.0255. The van der Waals surface area contributed by atoms with Gasteiger partial charge in [-0.3, -0.25) is 15.1 Å². The zero-order chi connectivity index (χ0) is 27.1. The smallest absolute Gasteiger partial charge is 0.245 e. The molecular formula is C31H45N5OS.